The second kappa shape index (κ2) is 5.36. The van der Waals surface area contributed by atoms with Gasteiger partial charge in [0.15, 0.2) is 0 Å². The van der Waals surface area contributed by atoms with Gasteiger partial charge in [0.1, 0.15) is 18.6 Å². The molecule has 0 atom stereocenters. The molecule has 0 aliphatic carbocycles. The molecule has 0 aliphatic rings. The molecule has 0 bridgehead atoms. The van der Waals surface area contributed by atoms with Gasteiger partial charge in [-0.1, -0.05) is 35.5 Å². The first kappa shape index (κ1) is 12.2. The summed E-state index contributed by atoms with van der Waals surface area (Å²) in [7, 11) is 1.52. The van der Waals surface area contributed by atoms with Gasteiger partial charge in [-0.05, 0) is 30.7 Å². The van der Waals surface area contributed by atoms with Crippen LogP contribution in [0.2, 0.25) is 0 Å². The van der Waals surface area contributed by atoms with Crippen LogP contribution in [0.5, 0.6) is 5.75 Å². The molecule has 2 rings (SSSR count). The van der Waals surface area contributed by atoms with Crippen molar-refractivity contribution in [2.45, 2.75) is 6.92 Å². The highest BCUT2D eigenvalue weighted by Crippen LogP contribution is 2.19. The quantitative estimate of drug-likeness (QED) is 0.662. The van der Waals surface area contributed by atoms with Crippen molar-refractivity contribution in [2.24, 2.45) is 5.16 Å². The Hall–Kier alpha value is -2.29. The number of benzene rings is 2. The summed E-state index contributed by atoms with van der Waals surface area (Å²) in [5.41, 5.74) is 3.45. The van der Waals surface area contributed by atoms with E-state index in [-0.39, 0.29) is 5.75 Å². The van der Waals surface area contributed by atoms with Crippen LogP contribution in [0, 0.1) is 6.92 Å². The van der Waals surface area contributed by atoms with Gasteiger partial charge in [0, 0.05) is 11.1 Å². The number of nitrogens with zero attached hydrogens (tertiary/aromatic N) is 1. The SMILES string of the molecule is CON=C(c1ccccc1)c1ccc(O)c(C)c1. The number of aryl methyl sites for hydroxylation is 1. The lowest BCUT2D eigenvalue weighted by Gasteiger charge is -2.08. The fraction of sp³-hybridized carbons (Fsp3) is 0.133. The van der Waals surface area contributed by atoms with E-state index >= 15 is 0 Å². The van der Waals surface area contributed by atoms with E-state index in [4.69, 9.17) is 4.84 Å². The van der Waals surface area contributed by atoms with Gasteiger partial charge in [-0.25, -0.2) is 0 Å². The van der Waals surface area contributed by atoms with Gasteiger partial charge in [0.2, 0.25) is 0 Å². The molecule has 18 heavy (non-hydrogen) atoms. The third kappa shape index (κ3) is 2.51. The zero-order valence-corrected chi connectivity index (χ0v) is 10.4. The van der Waals surface area contributed by atoms with Crippen molar-refractivity contribution in [1.29, 1.82) is 0 Å². The predicted molar refractivity (Wildman–Crippen MR) is 71.9 cm³/mol. The van der Waals surface area contributed by atoms with Crippen LogP contribution in [-0.2, 0) is 4.84 Å². The van der Waals surface area contributed by atoms with Crippen molar-refractivity contribution >= 4 is 5.71 Å². The molecular weight excluding hydrogens is 226 g/mol. The molecule has 0 aliphatic heterocycles. The fourth-order valence-electron chi connectivity index (χ4n) is 1.76. The minimum atomic E-state index is 0.281. The number of hydrogen-bond donors (Lipinski definition) is 1. The van der Waals surface area contributed by atoms with Crippen molar-refractivity contribution in [3.8, 4) is 5.75 Å². The summed E-state index contributed by atoms with van der Waals surface area (Å²) in [6.07, 6.45) is 0. The smallest absolute Gasteiger partial charge is 0.118 e. The topological polar surface area (TPSA) is 41.8 Å². The molecular formula is C15H15NO2. The van der Waals surface area contributed by atoms with Gasteiger partial charge < -0.3 is 9.94 Å². The van der Waals surface area contributed by atoms with E-state index < -0.39 is 0 Å². The average molecular weight is 241 g/mol. The number of phenols is 1. The van der Waals surface area contributed by atoms with Gasteiger partial charge >= 0.3 is 0 Å². The highest BCUT2D eigenvalue weighted by atomic mass is 16.6. The summed E-state index contributed by atoms with van der Waals surface area (Å²) >= 11 is 0. The minimum absolute atomic E-state index is 0.281. The van der Waals surface area contributed by atoms with E-state index in [1.165, 1.54) is 7.11 Å². The minimum Gasteiger partial charge on any atom is -0.508 e. The molecule has 92 valence electrons. The molecule has 0 unspecified atom stereocenters. The number of aromatic hydroxyl groups is 1. The third-order valence-corrected chi connectivity index (χ3v) is 2.70. The lowest BCUT2D eigenvalue weighted by atomic mass is 10.0. The predicted octanol–water partition coefficient (Wildman–Crippen LogP) is 3.10. The molecule has 0 aromatic heterocycles. The van der Waals surface area contributed by atoms with Crippen molar-refractivity contribution < 1.29 is 9.94 Å². The average Bonchev–Trinajstić information content (AvgIpc) is 2.40. The molecule has 2 aromatic carbocycles. The first-order valence-corrected chi connectivity index (χ1v) is 5.69. The molecule has 2 aromatic rings. The summed E-state index contributed by atoms with van der Waals surface area (Å²) < 4.78 is 0. The van der Waals surface area contributed by atoms with Gasteiger partial charge in [-0.3, -0.25) is 0 Å². The van der Waals surface area contributed by atoms with E-state index in [1.54, 1.807) is 6.07 Å². The lowest BCUT2D eigenvalue weighted by molar-refractivity contribution is 0.214. The van der Waals surface area contributed by atoms with Crippen LogP contribution in [0.3, 0.4) is 0 Å². The van der Waals surface area contributed by atoms with Crippen LogP contribution >= 0.6 is 0 Å². The molecule has 0 amide bonds. The Labute approximate surface area is 106 Å². The second-order valence-electron chi connectivity index (χ2n) is 3.99. The largest absolute Gasteiger partial charge is 0.508 e. The highest BCUT2D eigenvalue weighted by molar-refractivity contribution is 6.12. The molecule has 0 spiro atoms. The second-order valence-corrected chi connectivity index (χ2v) is 3.99. The molecule has 3 nitrogen and oxygen atoms in total. The van der Waals surface area contributed by atoms with Crippen LogP contribution in [0.4, 0.5) is 0 Å². The summed E-state index contributed by atoms with van der Waals surface area (Å²) in [4.78, 5) is 4.91. The first-order valence-electron chi connectivity index (χ1n) is 5.69. The maximum atomic E-state index is 9.55. The molecule has 0 heterocycles. The Bertz CT molecular complexity index is 562. The molecule has 0 radical (unpaired) electrons. The molecule has 3 heteroatoms. The monoisotopic (exact) mass is 241 g/mol. The fourth-order valence-corrected chi connectivity index (χ4v) is 1.76. The zero-order valence-electron chi connectivity index (χ0n) is 10.4. The molecule has 0 fully saturated rings. The van der Waals surface area contributed by atoms with Crippen LogP contribution in [0.25, 0.3) is 0 Å². The Morgan fingerprint density at radius 3 is 2.39 bits per heavy atom. The van der Waals surface area contributed by atoms with Crippen molar-refractivity contribution in [1.82, 2.24) is 0 Å². The van der Waals surface area contributed by atoms with E-state index in [2.05, 4.69) is 5.16 Å². The Kier molecular flexibility index (Phi) is 3.63. The van der Waals surface area contributed by atoms with Crippen molar-refractivity contribution in [2.75, 3.05) is 7.11 Å². The van der Waals surface area contributed by atoms with Crippen LogP contribution in [0.1, 0.15) is 16.7 Å². The molecule has 0 saturated carbocycles. The van der Waals surface area contributed by atoms with Gasteiger partial charge in [0.05, 0.1) is 0 Å². The van der Waals surface area contributed by atoms with Crippen LogP contribution < -0.4 is 0 Å². The Morgan fingerprint density at radius 1 is 1.06 bits per heavy atom. The highest BCUT2D eigenvalue weighted by Gasteiger charge is 2.09. The number of oxime groups is 1. The molecule has 1 N–H and O–H groups in total. The number of hydrogen-bond acceptors (Lipinski definition) is 3. The molecule has 0 saturated heterocycles. The van der Waals surface area contributed by atoms with E-state index in [1.807, 2.05) is 49.4 Å². The van der Waals surface area contributed by atoms with Crippen LogP contribution in [0.15, 0.2) is 53.7 Å². The van der Waals surface area contributed by atoms with Gasteiger partial charge in [-0.15, -0.1) is 0 Å². The summed E-state index contributed by atoms with van der Waals surface area (Å²) in [6, 6.07) is 15.2. The van der Waals surface area contributed by atoms with Crippen molar-refractivity contribution in [3.05, 3.63) is 65.2 Å². The summed E-state index contributed by atoms with van der Waals surface area (Å²) in [5, 5.41) is 13.6. The van der Waals surface area contributed by atoms with Gasteiger partial charge in [-0.2, -0.15) is 0 Å². The lowest BCUT2D eigenvalue weighted by Crippen LogP contribution is -2.04. The first-order chi connectivity index (χ1) is 8.72. The van der Waals surface area contributed by atoms with E-state index in [0.717, 1.165) is 22.4 Å². The zero-order chi connectivity index (χ0) is 13.0. The number of rotatable bonds is 3. The third-order valence-electron chi connectivity index (χ3n) is 2.70. The maximum absolute atomic E-state index is 9.55. The Balaban J connectivity index is 2.49. The van der Waals surface area contributed by atoms with Crippen LogP contribution in [-0.4, -0.2) is 17.9 Å². The van der Waals surface area contributed by atoms with E-state index in [0.29, 0.717) is 0 Å². The Morgan fingerprint density at radius 2 is 1.78 bits per heavy atom. The summed E-state index contributed by atoms with van der Waals surface area (Å²) in [6.45, 7) is 1.86. The standard InChI is InChI=1S/C15H15NO2/c1-11-10-13(8-9-14(11)17)15(16-18-2)12-6-4-3-5-7-12/h3-10,17H,1-2H3. The number of phenolic OH excluding ortho intramolecular Hbond substituents is 1. The van der Waals surface area contributed by atoms with Crippen molar-refractivity contribution in [3.63, 3.8) is 0 Å². The summed E-state index contributed by atoms with van der Waals surface area (Å²) in [5.74, 6) is 0.281. The maximum Gasteiger partial charge on any atom is 0.118 e. The van der Waals surface area contributed by atoms with E-state index in [9.17, 15) is 5.11 Å². The normalized spacial score (nSPS) is 11.3. The van der Waals surface area contributed by atoms with Gasteiger partial charge in [0.25, 0.3) is 0 Å².